The highest BCUT2D eigenvalue weighted by Gasteiger charge is 2.22. The molecule has 0 amide bonds. The molecule has 1 fully saturated rings. The van der Waals surface area contributed by atoms with Crippen LogP contribution in [0.2, 0.25) is 5.15 Å². The van der Waals surface area contributed by atoms with Crippen molar-refractivity contribution in [2.75, 3.05) is 25.2 Å². The van der Waals surface area contributed by atoms with Gasteiger partial charge in [-0.15, -0.1) is 0 Å². The highest BCUT2D eigenvalue weighted by Crippen LogP contribution is 2.26. The van der Waals surface area contributed by atoms with Crippen molar-refractivity contribution in [3.8, 4) is 0 Å². The number of aromatic nitrogens is 2. The number of ether oxygens (including phenoxy) is 1. The SMILES string of the molecule is CCCc1nc(Cl)c(C)c(N(C)C2CCOCC2)n1. The van der Waals surface area contributed by atoms with Gasteiger partial charge in [-0.2, -0.15) is 0 Å². The van der Waals surface area contributed by atoms with E-state index in [-0.39, 0.29) is 0 Å². The van der Waals surface area contributed by atoms with Crippen molar-refractivity contribution in [3.63, 3.8) is 0 Å². The van der Waals surface area contributed by atoms with E-state index in [1.807, 2.05) is 6.92 Å². The lowest BCUT2D eigenvalue weighted by Gasteiger charge is -2.33. The summed E-state index contributed by atoms with van der Waals surface area (Å²) in [7, 11) is 2.09. The molecule has 19 heavy (non-hydrogen) atoms. The summed E-state index contributed by atoms with van der Waals surface area (Å²) in [5.74, 6) is 1.81. The fourth-order valence-corrected chi connectivity index (χ4v) is 2.63. The number of nitrogens with zero attached hydrogens (tertiary/aromatic N) is 3. The summed E-state index contributed by atoms with van der Waals surface area (Å²) in [6.07, 6.45) is 3.98. The molecule has 1 aromatic rings. The van der Waals surface area contributed by atoms with Crippen LogP contribution in [0.5, 0.6) is 0 Å². The van der Waals surface area contributed by atoms with Gasteiger partial charge in [0, 0.05) is 38.3 Å². The number of rotatable bonds is 4. The zero-order valence-corrected chi connectivity index (χ0v) is 12.7. The van der Waals surface area contributed by atoms with E-state index in [0.29, 0.717) is 11.2 Å². The van der Waals surface area contributed by atoms with E-state index in [1.54, 1.807) is 0 Å². The first-order chi connectivity index (χ1) is 9.13. The Kier molecular flexibility index (Phi) is 4.99. The molecular weight excluding hydrogens is 262 g/mol. The summed E-state index contributed by atoms with van der Waals surface area (Å²) in [5, 5.41) is 0.576. The lowest BCUT2D eigenvalue weighted by Crippen LogP contribution is -2.37. The molecule has 1 aliphatic heterocycles. The minimum absolute atomic E-state index is 0.480. The molecule has 5 heteroatoms. The van der Waals surface area contributed by atoms with Crippen LogP contribution in [-0.4, -0.2) is 36.3 Å². The van der Waals surface area contributed by atoms with E-state index >= 15 is 0 Å². The third-order valence-corrected chi connectivity index (χ3v) is 4.02. The van der Waals surface area contributed by atoms with Crippen molar-refractivity contribution in [2.45, 2.75) is 45.6 Å². The molecule has 2 heterocycles. The van der Waals surface area contributed by atoms with Gasteiger partial charge in [-0.1, -0.05) is 18.5 Å². The molecule has 1 aliphatic rings. The summed E-state index contributed by atoms with van der Waals surface area (Å²) in [5.41, 5.74) is 0.968. The van der Waals surface area contributed by atoms with Crippen LogP contribution in [0, 0.1) is 6.92 Å². The van der Waals surface area contributed by atoms with Gasteiger partial charge >= 0.3 is 0 Å². The Hall–Kier alpha value is -0.870. The third-order valence-electron chi connectivity index (χ3n) is 3.65. The Morgan fingerprint density at radius 3 is 2.63 bits per heavy atom. The zero-order chi connectivity index (χ0) is 13.8. The van der Waals surface area contributed by atoms with Crippen molar-refractivity contribution < 1.29 is 4.74 Å². The minimum Gasteiger partial charge on any atom is -0.381 e. The van der Waals surface area contributed by atoms with Gasteiger partial charge in [-0.25, -0.2) is 9.97 Å². The van der Waals surface area contributed by atoms with E-state index in [9.17, 15) is 0 Å². The van der Waals surface area contributed by atoms with Crippen LogP contribution in [0.1, 0.15) is 37.6 Å². The monoisotopic (exact) mass is 283 g/mol. The average molecular weight is 284 g/mol. The number of halogens is 1. The number of anilines is 1. The molecule has 1 aromatic heterocycles. The molecule has 0 N–H and O–H groups in total. The van der Waals surface area contributed by atoms with Gasteiger partial charge in [0.25, 0.3) is 0 Å². The molecule has 106 valence electrons. The Labute approximate surface area is 120 Å². The maximum atomic E-state index is 6.24. The topological polar surface area (TPSA) is 38.2 Å². The normalized spacial score (nSPS) is 16.6. The van der Waals surface area contributed by atoms with Crippen LogP contribution in [-0.2, 0) is 11.2 Å². The molecule has 0 aliphatic carbocycles. The second kappa shape index (κ2) is 6.53. The molecule has 0 spiro atoms. The summed E-state index contributed by atoms with van der Waals surface area (Å²) in [6.45, 7) is 5.77. The smallest absolute Gasteiger partial charge is 0.137 e. The van der Waals surface area contributed by atoms with Gasteiger partial charge in [-0.3, -0.25) is 0 Å². The average Bonchev–Trinajstić information content (AvgIpc) is 2.43. The van der Waals surface area contributed by atoms with Gasteiger partial charge in [-0.05, 0) is 26.2 Å². The third kappa shape index (κ3) is 3.37. The summed E-state index contributed by atoms with van der Waals surface area (Å²) >= 11 is 6.24. The maximum absolute atomic E-state index is 6.24. The van der Waals surface area contributed by atoms with E-state index in [2.05, 4.69) is 28.8 Å². The van der Waals surface area contributed by atoms with Crippen LogP contribution in [0.25, 0.3) is 0 Å². The van der Waals surface area contributed by atoms with Crippen LogP contribution in [0.3, 0.4) is 0 Å². The molecule has 0 bridgehead atoms. The van der Waals surface area contributed by atoms with E-state index in [4.69, 9.17) is 16.3 Å². The first-order valence-corrected chi connectivity index (χ1v) is 7.34. The Morgan fingerprint density at radius 2 is 2.00 bits per heavy atom. The maximum Gasteiger partial charge on any atom is 0.137 e. The van der Waals surface area contributed by atoms with Crippen molar-refractivity contribution in [3.05, 3.63) is 16.5 Å². The first-order valence-electron chi connectivity index (χ1n) is 6.97. The molecule has 4 nitrogen and oxygen atoms in total. The van der Waals surface area contributed by atoms with Gasteiger partial charge in [0.15, 0.2) is 0 Å². The van der Waals surface area contributed by atoms with Crippen molar-refractivity contribution in [1.29, 1.82) is 0 Å². The van der Waals surface area contributed by atoms with Crippen molar-refractivity contribution >= 4 is 17.4 Å². The van der Waals surface area contributed by atoms with Crippen molar-refractivity contribution in [2.24, 2.45) is 0 Å². The molecule has 0 saturated carbocycles. The highest BCUT2D eigenvalue weighted by atomic mass is 35.5. The molecule has 0 atom stereocenters. The Balaban J connectivity index is 2.25. The molecule has 0 unspecified atom stereocenters. The van der Waals surface area contributed by atoms with Crippen LogP contribution in [0.15, 0.2) is 0 Å². The standard InChI is InChI=1S/C14H22ClN3O/c1-4-5-12-16-13(15)10(2)14(17-12)18(3)11-6-8-19-9-7-11/h11H,4-9H2,1-3H3. The van der Waals surface area contributed by atoms with E-state index in [1.165, 1.54) is 0 Å². The van der Waals surface area contributed by atoms with E-state index < -0.39 is 0 Å². The van der Waals surface area contributed by atoms with E-state index in [0.717, 1.165) is 56.1 Å². The fourth-order valence-electron chi connectivity index (χ4n) is 2.44. The van der Waals surface area contributed by atoms with Crippen LogP contribution < -0.4 is 4.90 Å². The molecule has 1 saturated heterocycles. The van der Waals surface area contributed by atoms with Crippen molar-refractivity contribution in [1.82, 2.24) is 9.97 Å². The predicted octanol–water partition coefficient (Wildman–Crippen LogP) is 3.01. The zero-order valence-electron chi connectivity index (χ0n) is 11.9. The number of hydrogen-bond acceptors (Lipinski definition) is 4. The minimum atomic E-state index is 0.480. The Bertz CT molecular complexity index is 433. The quantitative estimate of drug-likeness (QED) is 0.796. The summed E-state index contributed by atoms with van der Waals surface area (Å²) in [4.78, 5) is 11.3. The van der Waals surface area contributed by atoms with Gasteiger partial charge in [0.1, 0.15) is 16.8 Å². The fraction of sp³-hybridized carbons (Fsp3) is 0.714. The lowest BCUT2D eigenvalue weighted by molar-refractivity contribution is 0.0853. The van der Waals surface area contributed by atoms with Gasteiger partial charge in [0.05, 0.1) is 0 Å². The summed E-state index contributed by atoms with van der Waals surface area (Å²) in [6, 6.07) is 0.480. The second-order valence-corrected chi connectivity index (χ2v) is 5.44. The first kappa shape index (κ1) is 14.5. The molecule has 0 radical (unpaired) electrons. The lowest BCUT2D eigenvalue weighted by atomic mass is 10.1. The number of aryl methyl sites for hydroxylation is 1. The summed E-state index contributed by atoms with van der Waals surface area (Å²) < 4.78 is 5.42. The van der Waals surface area contributed by atoms with Crippen LogP contribution >= 0.6 is 11.6 Å². The molecule has 0 aromatic carbocycles. The highest BCUT2D eigenvalue weighted by molar-refractivity contribution is 6.30. The second-order valence-electron chi connectivity index (χ2n) is 5.08. The Morgan fingerprint density at radius 1 is 1.32 bits per heavy atom. The molecular formula is C14H22ClN3O. The largest absolute Gasteiger partial charge is 0.381 e. The van der Waals surface area contributed by atoms with Gasteiger partial charge < -0.3 is 9.64 Å². The number of hydrogen-bond donors (Lipinski definition) is 0. The van der Waals surface area contributed by atoms with Gasteiger partial charge in [0.2, 0.25) is 0 Å². The molecule has 2 rings (SSSR count). The predicted molar refractivity (Wildman–Crippen MR) is 78.0 cm³/mol. The van der Waals surface area contributed by atoms with Crippen LogP contribution in [0.4, 0.5) is 5.82 Å².